The summed E-state index contributed by atoms with van der Waals surface area (Å²) in [6.07, 6.45) is 0.859. The van der Waals surface area contributed by atoms with Crippen LogP contribution in [0.1, 0.15) is 43.5 Å². The average molecular weight is 415 g/mol. The first-order chi connectivity index (χ1) is 14.3. The summed E-state index contributed by atoms with van der Waals surface area (Å²) in [6.45, 7) is 7.31. The lowest BCUT2D eigenvalue weighted by molar-refractivity contribution is -0.125. The van der Waals surface area contributed by atoms with Gasteiger partial charge in [-0.05, 0) is 54.3 Å². The lowest BCUT2D eigenvalue weighted by Gasteiger charge is -2.41. The Hall–Kier alpha value is -2.60. The number of hydrogen-bond acceptors (Lipinski definition) is 4. The molecule has 1 heterocycles. The molecule has 2 atom stereocenters. The molecule has 1 aliphatic heterocycles. The Morgan fingerprint density at radius 2 is 1.77 bits per heavy atom. The zero-order valence-electron chi connectivity index (χ0n) is 18.4. The van der Waals surface area contributed by atoms with Crippen LogP contribution >= 0.6 is 0 Å². The van der Waals surface area contributed by atoms with Gasteiger partial charge in [-0.3, -0.25) is 9.69 Å². The molecule has 3 rings (SSSR count). The van der Waals surface area contributed by atoms with Crippen LogP contribution in [0.2, 0.25) is 0 Å². The van der Waals surface area contributed by atoms with Gasteiger partial charge in [0.1, 0.15) is 5.82 Å². The Bertz CT molecular complexity index is 883. The van der Waals surface area contributed by atoms with Crippen LogP contribution in [0.25, 0.3) is 0 Å². The normalized spacial score (nSPS) is 17.4. The maximum Gasteiger partial charge on any atom is 0.222 e. The van der Waals surface area contributed by atoms with Gasteiger partial charge in [0.25, 0.3) is 0 Å². The molecular formula is C24H31FN2O3. The molecule has 0 spiro atoms. The summed E-state index contributed by atoms with van der Waals surface area (Å²) in [7, 11) is 3.26. The zero-order chi connectivity index (χ0) is 21.8. The van der Waals surface area contributed by atoms with Gasteiger partial charge in [-0.1, -0.05) is 26.0 Å². The number of carbonyl (C=O) groups excluding carboxylic acids is 1. The first-order valence-corrected chi connectivity index (χ1v) is 10.4. The fourth-order valence-corrected chi connectivity index (χ4v) is 4.09. The minimum absolute atomic E-state index is 0.0248. The van der Waals surface area contributed by atoms with Gasteiger partial charge in [0.05, 0.1) is 20.3 Å². The SMILES string of the molecule is COc1cc2c(cc1OC)[C@H]([C@@H](C)NC(=O)C(C)C)N(Cc1ccc(F)cc1)CC2. The predicted molar refractivity (Wildman–Crippen MR) is 115 cm³/mol. The van der Waals surface area contributed by atoms with Crippen molar-refractivity contribution in [2.75, 3.05) is 20.8 Å². The van der Waals surface area contributed by atoms with Crippen molar-refractivity contribution < 1.29 is 18.7 Å². The van der Waals surface area contributed by atoms with Crippen LogP contribution in [0.3, 0.4) is 0 Å². The summed E-state index contributed by atoms with van der Waals surface area (Å²) in [5.41, 5.74) is 3.35. The Morgan fingerprint density at radius 1 is 1.13 bits per heavy atom. The largest absolute Gasteiger partial charge is 0.493 e. The van der Waals surface area contributed by atoms with Crippen LogP contribution in [-0.2, 0) is 17.8 Å². The molecular weight excluding hydrogens is 383 g/mol. The van der Waals surface area contributed by atoms with E-state index in [2.05, 4.69) is 10.2 Å². The van der Waals surface area contributed by atoms with Gasteiger partial charge in [0.15, 0.2) is 11.5 Å². The smallest absolute Gasteiger partial charge is 0.222 e. The van der Waals surface area contributed by atoms with Crippen molar-refractivity contribution in [3.05, 3.63) is 58.9 Å². The lowest BCUT2D eigenvalue weighted by Crippen LogP contribution is -2.48. The minimum Gasteiger partial charge on any atom is -0.493 e. The van der Waals surface area contributed by atoms with E-state index < -0.39 is 0 Å². The van der Waals surface area contributed by atoms with Crippen molar-refractivity contribution in [3.63, 3.8) is 0 Å². The molecule has 0 unspecified atom stereocenters. The number of rotatable bonds is 7. The molecule has 162 valence electrons. The second-order valence-electron chi connectivity index (χ2n) is 8.15. The van der Waals surface area contributed by atoms with E-state index in [1.807, 2.05) is 45.0 Å². The highest BCUT2D eigenvalue weighted by Crippen LogP contribution is 2.40. The number of halogens is 1. The van der Waals surface area contributed by atoms with Crippen LogP contribution in [0.5, 0.6) is 11.5 Å². The average Bonchev–Trinajstić information content (AvgIpc) is 2.73. The molecule has 2 aromatic rings. The Kier molecular flexibility index (Phi) is 6.98. The highest BCUT2D eigenvalue weighted by atomic mass is 19.1. The van der Waals surface area contributed by atoms with Gasteiger partial charge in [-0.25, -0.2) is 4.39 Å². The topological polar surface area (TPSA) is 50.8 Å². The molecule has 1 aliphatic rings. The second-order valence-corrected chi connectivity index (χ2v) is 8.15. The molecule has 0 saturated heterocycles. The number of hydrogen-bond donors (Lipinski definition) is 1. The molecule has 5 nitrogen and oxygen atoms in total. The van der Waals surface area contributed by atoms with E-state index in [-0.39, 0.29) is 29.7 Å². The van der Waals surface area contributed by atoms with Gasteiger partial charge >= 0.3 is 0 Å². The van der Waals surface area contributed by atoms with Crippen molar-refractivity contribution in [2.45, 2.75) is 45.8 Å². The summed E-state index contributed by atoms with van der Waals surface area (Å²) in [4.78, 5) is 14.8. The molecule has 1 N–H and O–H groups in total. The molecule has 0 aromatic heterocycles. The van der Waals surface area contributed by atoms with E-state index in [4.69, 9.17) is 9.47 Å². The Balaban J connectivity index is 1.98. The standard InChI is InChI=1S/C24H31FN2O3/c1-15(2)24(28)26-16(3)23-20-13-22(30-5)21(29-4)12-18(20)10-11-27(23)14-17-6-8-19(25)9-7-17/h6-9,12-13,15-16,23H,10-11,14H2,1-5H3,(H,26,28)/t16-,23+/m1/s1. The van der Waals surface area contributed by atoms with Gasteiger partial charge in [0.2, 0.25) is 5.91 Å². The monoisotopic (exact) mass is 414 g/mol. The third-order valence-electron chi connectivity index (χ3n) is 5.69. The van der Waals surface area contributed by atoms with Crippen molar-refractivity contribution in [1.29, 1.82) is 0 Å². The second kappa shape index (κ2) is 9.47. The molecule has 0 bridgehead atoms. The molecule has 0 radical (unpaired) electrons. The third kappa shape index (κ3) is 4.75. The summed E-state index contributed by atoms with van der Waals surface area (Å²) in [5, 5.41) is 3.17. The molecule has 2 aromatic carbocycles. The van der Waals surface area contributed by atoms with Crippen molar-refractivity contribution in [1.82, 2.24) is 10.2 Å². The molecule has 0 fully saturated rings. The zero-order valence-corrected chi connectivity index (χ0v) is 18.4. The molecule has 0 aliphatic carbocycles. The van der Waals surface area contributed by atoms with Crippen molar-refractivity contribution >= 4 is 5.91 Å². The maximum atomic E-state index is 13.4. The van der Waals surface area contributed by atoms with E-state index in [0.29, 0.717) is 18.0 Å². The van der Waals surface area contributed by atoms with Crippen LogP contribution in [0, 0.1) is 11.7 Å². The molecule has 1 amide bonds. The number of nitrogens with one attached hydrogen (secondary N) is 1. The Labute approximate surface area is 178 Å². The predicted octanol–water partition coefficient (Wildman–Crippen LogP) is 4.10. The van der Waals surface area contributed by atoms with Gasteiger partial charge < -0.3 is 14.8 Å². The molecule has 0 saturated carbocycles. The van der Waals surface area contributed by atoms with E-state index in [0.717, 1.165) is 24.1 Å². The van der Waals surface area contributed by atoms with Crippen molar-refractivity contribution in [2.24, 2.45) is 5.92 Å². The number of nitrogens with zero attached hydrogens (tertiary/aromatic N) is 1. The molecule has 30 heavy (non-hydrogen) atoms. The maximum absolute atomic E-state index is 13.4. The number of ether oxygens (including phenoxy) is 2. The quantitative estimate of drug-likeness (QED) is 0.741. The summed E-state index contributed by atoms with van der Waals surface area (Å²) in [6, 6.07) is 10.5. The van der Waals surface area contributed by atoms with Crippen molar-refractivity contribution in [3.8, 4) is 11.5 Å². The van der Waals surface area contributed by atoms with Crippen LogP contribution < -0.4 is 14.8 Å². The number of methoxy groups -OCH3 is 2. The van der Waals surface area contributed by atoms with Gasteiger partial charge in [-0.15, -0.1) is 0 Å². The van der Waals surface area contributed by atoms with Gasteiger partial charge in [0, 0.05) is 25.0 Å². The van der Waals surface area contributed by atoms with Crippen LogP contribution in [0.15, 0.2) is 36.4 Å². The highest BCUT2D eigenvalue weighted by Gasteiger charge is 2.34. The first kappa shape index (κ1) is 22.1. The van der Waals surface area contributed by atoms with E-state index >= 15 is 0 Å². The van der Waals surface area contributed by atoms with Gasteiger partial charge in [-0.2, -0.15) is 0 Å². The van der Waals surface area contributed by atoms with Crippen LogP contribution in [-0.4, -0.2) is 37.6 Å². The third-order valence-corrected chi connectivity index (χ3v) is 5.69. The summed E-state index contributed by atoms with van der Waals surface area (Å²) in [5.74, 6) is 1.07. The number of amides is 1. The molecule has 6 heteroatoms. The van der Waals surface area contributed by atoms with E-state index in [1.165, 1.54) is 17.7 Å². The lowest BCUT2D eigenvalue weighted by atomic mass is 9.87. The number of carbonyl (C=O) groups is 1. The van der Waals surface area contributed by atoms with Crippen LogP contribution in [0.4, 0.5) is 4.39 Å². The fraction of sp³-hybridized carbons (Fsp3) is 0.458. The summed E-state index contributed by atoms with van der Waals surface area (Å²) >= 11 is 0. The number of fused-ring (bicyclic) bond motifs is 1. The van der Waals surface area contributed by atoms with E-state index in [1.54, 1.807) is 14.2 Å². The minimum atomic E-state index is -0.242. The highest BCUT2D eigenvalue weighted by molar-refractivity contribution is 5.78. The number of benzene rings is 2. The fourth-order valence-electron chi connectivity index (χ4n) is 4.09. The summed E-state index contributed by atoms with van der Waals surface area (Å²) < 4.78 is 24.4. The van der Waals surface area contributed by atoms with E-state index in [9.17, 15) is 9.18 Å². The Morgan fingerprint density at radius 3 is 2.37 bits per heavy atom. The first-order valence-electron chi connectivity index (χ1n) is 10.4.